The van der Waals surface area contributed by atoms with E-state index in [1.807, 2.05) is 24.1 Å². The van der Waals surface area contributed by atoms with Gasteiger partial charge in [0.25, 0.3) is 0 Å². The number of nitrogens with zero attached hydrogens (tertiary/aromatic N) is 1. The lowest BCUT2D eigenvalue weighted by Gasteiger charge is -2.19. The second-order valence-corrected chi connectivity index (χ2v) is 7.08. The number of hydrogen-bond acceptors (Lipinski definition) is 4. The molecule has 0 spiro atoms. The van der Waals surface area contributed by atoms with E-state index in [2.05, 4.69) is 10.6 Å². The quantitative estimate of drug-likeness (QED) is 0.863. The minimum atomic E-state index is -0.399. The Labute approximate surface area is 133 Å². The van der Waals surface area contributed by atoms with Crippen LogP contribution in [0.2, 0.25) is 4.34 Å². The largest absolute Gasteiger partial charge is 0.354 e. The molecule has 1 atom stereocenters. The molecule has 7 heteroatoms. The zero-order valence-corrected chi connectivity index (χ0v) is 13.6. The van der Waals surface area contributed by atoms with Crippen LogP contribution in [0.3, 0.4) is 0 Å². The van der Waals surface area contributed by atoms with Crippen LogP contribution in [0.25, 0.3) is 0 Å². The van der Waals surface area contributed by atoms with Gasteiger partial charge in [-0.3, -0.25) is 14.5 Å². The second kappa shape index (κ2) is 7.77. The Balaban J connectivity index is 1.79. The molecule has 21 heavy (non-hydrogen) atoms. The number of carbonyl (C=O) groups excluding carboxylic acids is 2. The molecule has 1 aromatic rings. The summed E-state index contributed by atoms with van der Waals surface area (Å²) in [6.45, 7) is 1.63. The highest BCUT2D eigenvalue weighted by molar-refractivity contribution is 7.16. The summed E-state index contributed by atoms with van der Waals surface area (Å²) in [5, 5.41) is 5.63. The van der Waals surface area contributed by atoms with Crippen LogP contribution in [0.4, 0.5) is 0 Å². The summed E-state index contributed by atoms with van der Waals surface area (Å²) in [6, 6.07) is 3.41. The highest BCUT2D eigenvalue weighted by atomic mass is 35.5. The number of hydrogen-bond donors (Lipinski definition) is 2. The molecule has 0 aromatic carbocycles. The summed E-state index contributed by atoms with van der Waals surface area (Å²) in [6.07, 6.45) is 2.63. The molecule has 1 fully saturated rings. The molecule has 116 valence electrons. The van der Waals surface area contributed by atoms with E-state index in [-0.39, 0.29) is 18.4 Å². The average molecular weight is 330 g/mol. The van der Waals surface area contributed by atoms with Crippen molar-refractivity contribution < 1.29 is 9.59 Å². The van der Waals surface area contributed by atoms with Gasteiger partial charge in [-0.15, -0.1) is 11.3 Å². The van der Waals surface area contributed by atoms with Crippen molar-refractivity contribution in [3.8, 4) is 0 Å². The van der Waals surface area contributed by atoms with E-state index in [1.165, 1.54) is 11.3 Å². The highest BCUT2D eigenvalue weighted by Gasteiger charge is 2.22. The summed E-state index contributed by atoms with van der Waals surface area (Å²) in [7, 11) is 1.88. The molecule has 2 rings (SSSR count). The molecule has 0 aliphatic carbocycles. The van der Waals surface area contributed by atoms with Crippen molar-refractivity contribution in [1.82, 2.24) is 15.5 Å². The Bertz CT molecular complexity index is 506. The fourth-order valence-electron chi connectivity index (χ4n) is 2.32. The van der Waals surface area contributed by atoms with E-state index in [1.54, 1.807) is 0 Å². The number of carbonyl (C=O) groups is 2. The maximum absolute atomic E-state index is 12.0. The van der Waals surface area contributed by atoms with Crippen LogP contribution in [0.5, 0.6) is 0 Å². The molecular weight excluding hydrogens is 310 g/mol. The van der Waals surface area contributed by atoms with E-state index in [0.717, 1.165) is 22.1 Å². The van der Waals surface area contributed by atoms with Crippen LogP contribution >= 0.6 is 22.9 Å². The zero-order valence-electron chi connectivity index (χ0n) is 12.0. The van der Waals surface area contributed by atoms with Gasteiger partial charge >= 0.3 is 0 Å². The number of thiophene rings is 1. The molecule has 1 saturated heterocycles. The van der Waals surface area contributed by atoms with Crippen LogP contribution in [-0.4, -0.2) is 42.9 Å². The third-order valence-corrected chi connectivity index (χ3v) is 4.55. The van der Waals surface area contributed by atoms with Gasteiger partial charge in [-0.25, -0.2) is 0 Å². The van der Waals surface area contributed by atoms with Crippen molar-refractivity contribution in [2.75, 3.05) is 20.1 Å². The van der Waals surface area contributed by atoms with E-state index in [0.29, 0.717) is 19.5 Å². The summed E-state index contributed by atoms with van der Waals surface area (Å²) in [5.41, 5.74) is 0. The number of amides is 2. The fraction of sp³-hybridized carbons (Fsp3) is 0.571. The van der Waals surface area contributed by atoms with Gasteiger partial charge in [0.1, 0.15) is 6.04 Å². The predicted molar refractivity (Wildman–Crippen MR) is 84.5 cm³/mol. The van der Waals surface area contributed by atoms with Gasteiger partial charge in [-0.05, 0) is 38.4 Å². The first-order valence-electron chi connectivity index (χ1n) is 7.04. The van der Waals surface area contributed by atoms with Gasteiger partial charge < -0.3 is 10.6 Å². The van der Waals surface area contributed by atoms with Crippen LogP contribution < -0.4 is 10.6 Å². The van der Waals surface area contributed by atoms with Crippen molar-refractivity contribution in [3.05, 3.63) is 21.3 Å². The smallest absolute Gasteiger partial charge is 0.242 e. The standard InChI is InChI=1S/C14H20ClN3O2S/c1-18(8-10-5-6-12(15)21-10)9-13(19)17-11-4-2-3-7-16-14(11)20/h5-6,11H,2-4,7-9H2,1H3,(H,16,20)(H,17,19). The molecule has 5 nitrogen and oxygen atoms in total. The van der Waals surface area contributed by atoms with Gasteiger partial charge in [0, 0.05) is 18.0 Å². The minimum absolute atomic E-state index is 0.0754. The van der Waals surface area contributed by atoms with Gasteiger partial charge in [0.15, 0.2) is 0 Å². The Morgan fingerprint density at radius 2 is 2.33 bits per heavy atom. The third-order valence-electron chi connectivity index (χ3n) is 3.34. The first kappa shape index (κ1) is 16.3. The van der Waals surface area contributed by atoms with Crippen molar-refractivity contribution in [3.63, 3.8) is 0 Å². The zero-order chi connectivity index (χ0) is 15.2. The van der Waals surface area contributed by atoms with Gasteiger partial charge in [-0.2, -0.15) is 0 Å². The molecule has 0 radical (unpaired) electrons. The van der Waals surface area contributed by atoms with Crippen LogP contribution in [-0.2, 0) is 16.1 Å². The normalized spacial score (nSPS) is 19.2. The van der Waals surface area contributed by atoms with Crippen molar-refractivity contribution in [2.45, 2.75) is 31.8 Å². The average Bonchev–Trinajstić information content (AvgIpc) is 2.70. The summed E-state index contributed by atoms with van der Waals surface area (Å²) < 4.78 is 0.748. The number of halogens is 1. The maximum atomic E-state index is 12.0. The molecule has 0 saturated carbocycles. The number of nitrogens with one attached hydrogen (secondary N) is 2. The maximum Gasteiger partial charge on any atom is 0.242 e. The first-order chi connectivity index (χ1) is 10.0. The van der Waals surface area contributed by atoms with Crippen molar-refractivity contribution in [2.24, 2.45) is 0 Å². The SMILES string of the molecule is CN(CC(=O)NC1CCCCNC1=O)Cc1ccc(Cl)s1. The van der Waals surface area contributed by atoms with E-state index >= 15 is 0 Å². The first-order valence-corrected chi connectivity index (χ1v) is 8.24. The Kier molecular flexibility index (Phi) is 6.02. The third kappa shape index (κ3) is 5.30. The Morgan fingerprint density at radius 3 is 3.05 bits per heavy atom. The van der Waals surface area contributed by atoms with Crippen LogP contribution in [0.1, 0.15) is 24.1 Å². The van der Waals surface area contributed by atoms with Gasteiger partial charge in [0.05, 0.1) is 10.9 Å². The Morgan fingerprint density at radius 1 is 1.52 bits per heavy atom. The molecular formula is C14H20ClN3O2S. The summed E-state index contributed by atoms with van der Waals surface area (Å²) >= 11 is 7.40. The lowest BCUT2D eigenvalue weighted by Crippen LogP contribution is -2.48. The van der Waals surface area contributed by atoms with Crippen molar-refractivity contribution >= 4 is 34.8 Å². The van der Waals surface area contributed by atoms with E-state index in [9.17, 15) is 9.59 Å². The van der Waals surface area contributed by atoms with Crippen LogP contribution in [0, 0.1) is 0 Å². The predicted octanol–water partition coefficient (Wildman–Crippen LogP) is 1.62. The molecule has 2 amide bonds. The summed E-state index contributed by atoms with van der Waals surface area (Å²) in [4.78, 5) is 26.8. The van der Waals surface area contributed by atoms with Gasteiger partial charge in [0.2, 0.25) is 11.8 Å². The summed E-state index contributed by atoms with van der Waals surface area (Å²) in [5.74, 6) is -0.198. The molecule has 1 unspecified atom stereocenters. The molecule has 1 aliphatic heterocycles. The second-order valence-electron chi connectivity index (χ2n) is 5.29. The number of likely N-dealkylation sites (N-methyl/N-ethyl adjacent to an activating group) is 1. The van der Waals surface area contributed by atoms with E-state index < -0.39 is 6.04 Å². The fourth-order valence-corrected chi connectivity index (χ4v) is 3.49. The topological polar surface area (TPSA) is 61.4 Å². The lowest BCUT2D eigenvalue weighted by molar-refractivity contribution is -0.129. The highest BCUT2D eigenvalue weighted by Crippen LogP contribution is 2.22. The monoisotopic (exact) mass is 329 g/mol. The molecule has 0 bridgehead atoms. The van der Waals surface area contributed by atoms with E-state index in [4.69, 9.17) is 11.6 Å². The van der Waals surface area contributed by atoms with Gasteiger partial charge in [-0.1, -0.05) is 11.6 Å². The van der Waals surface area contributed by atoms with Crippen molar-refractivity contribution in [1.29, 1.82) is 0 Å². The lowest BCUT2D eigenvalue weighted by atomic mass is 10.1. The molecule has 2 N–H and O–H groups in total. The molecule has 1 aromatic heterocycles. The van der Waals surface area contributed by atoms with Crippen LogP contribution in [0.15, 0.2) is 12.1 Å². The Hall–Kier alpha value is -1.11. The number of rotatable bonds is 5. The molecule has 1 aliphatic rings. The molecule has 2 heterocycles. The minimum Gasteiger partial charge on any atom is -0.354 e.